The minimum atomic E-state index is 0.402. The molecule has 238 valence electrons. The van der Waals surface area contributed by atoms with E-state index in [0.717, 1.165) is 40.3 Å². The van der Waals surface area contributed by atoms with Crippen molar-refractivity contribution in [2.24, 2.45) is 0 Å². The first-order valence-corrected chi connectivity index (χ1v) is 18.7. The van der Waals surface area contributed by atoms with Crippen molar-refractivity contribution in [3.05, 3.63) is 157 Å². The Hall–Kier alpha value is -5.36. The molecule has 1 atom stereocenters. The summed E-state index contributed by atoms with van der Waals surface area (Å²) in [7, 11) is 0. The highest BCUT2D eigenvalue weighted by Crippen LogP contribution is 2.54. The van der Waals surface area contributed by atoms with Gasteiger partial charge in [-0.15, -0.1) is 0 Å². The molecule has 0 saturated carbocycles. The van der Waals surface area contributed by atoms with E-state index in [4.69, 9.17) is 9.97 Å². The van der Waals surface area contributed by atoms with Crippen molar-refractivity contribution in [2.75, 3.05) is 0 Å². The summed E-state index contributed by atoms with van der Waals surface area (Å²) in [5, 5.41) is 3.89. The molecule has 0 spiro atoms. The van der Waals surface area contributed by atoms with E-state index >= 15 is 0 Å². The number of benzene rings is 6. The van der Waals surface area contributed by atoms with Gasteiger partial charge in [0, 0.05) is 59.6 Å². The molecule has 3 nitrogen and oxygen atoms in total. The average molecular weight is 678 g/mol. The zero-order chi connectivity index (χ0) is 33.2. The van der Waals surface area contributed by atoms with Crippen LogP contribution in [0.3, 0.4) is 0 Å². The van der Waals surface area contributed by atoms with E-state index in [1.807, 2.05) is 47.8 Å². The largest absolute Gasteiger partial charge is 0.312 e. The van der Waals surface area contributed by atoms with Crippen LogP contribution in [-0.4, -0.2) is 14.5 Å². The molecule has 3 heterocycles. The molecular weight excluding hydrogens is 647 g/mol. The number of nitrogens with zero attached hydrogens (tertiary/aromatic N) is 3. The lowest BCUT2D eigenvalue weighted by Crippen LogP contribution is -2.07. The van der Waals surface area contributed by atoms with Crippen LogP contribution in [0, 0.1) is 0 Å². The average Bonchev–Trinajstić information content (AvgIpc) is 3.53. The monoisotopic (exact) mass is 677 g/mol. The Morgan fingerprint density at radius 3 is 1.92 bits per heavy atom. The van der Waals surface area contributed by atoms with Crippen molar-refractivity contribution in [3.8, 4) is 39.6 Å². The third-order valence-electron chi connectivity index (χ3n) is 9.86. The molecule has 1 aliphatic carbocycles. The predicted molar refractivity (Wildman–Crippen MR) is 209 cm³/mol. The first-order chi connectivity index (χ1) is 24.7. The second-order valence-corrected chi connectivity index (χ2v) is 15.2. The molecule has 0 radical (unpaired) electrons. The smallest absolute Gasteiger partial charge is 0.160 e. The number of rotatable bonds is 4. The van der Waals surface area contributed by atoms with Crippen molar-refractivity contribution in [3.63, 3.8) is 0 Å². The lowest BCUT2D eigenvalue weighted by Gasteiger charge is -2.22. The lowest BCUT2D eigenvalue weighted by atomic mass is 9.93. The molecule has 0 saturated heterocycles. The fourth-order valence-corrected chi connectivity index (χ4v) is 9.86. The van der Waals surface area contributed by atoms with Crippen LogP contribution in [0.1, 0.15) is 30.5 Å². The maximum atomic E-state index is 5.09. The van der Waals surface area contributed by atoms with Crippen LogP contribution in [0.2, 0.25) is 0 Å². The zero-order valence-electron chi connectivity index (χ0n) is 27.4. The summed E-state index contributed by atoms with van der Waals surface area (Å²) < 4.78 is 2.55. The summed E-state index contributed by atoms with van der Waals surface area (Å²) in [6, 6.07) is 49.8. The van der Waals surface area contributed by atoms with Crippen molar-refractivity contribution in [1.82, 2.24) is 14.5 Å². The van der Waals surface area contributed by atoms with Crippen molar-refractivity contribution < 1.29 is 0 Å². The molecule has 0 amide bonds. The molecule has 1 aliphatic heterocycles. The van der Waals surface area contributed by atoms with E-state index in [1.54, 1.807) is 0 Å². The van der Waals surface area contributed by atoms with Gasteiger partial charge in [0.1, 0.15) is 0 Å². The van der Waals surface area contributed by atoms with E-state index in [2.05, 4.69) is 139 Å². The van der Waals surface area contributed by atoms with Crippen LogP contribution >= 0.6 is 23.5 Å². The minimum Gasteiger partial charge on any atom is -0.312 e. The second-order valence-electron chi connectivity index (χ2n) is 13.1. The Morgan fingerprint density at radius 2 is 1.22 bits per heavy atom. The Bertz CT molecular complexity index is 2570. The highest BCUT2D eigenvalue weighted by molar-refractivity contribution is 8.05. The molecule has 2 aliphatic rings. The lowest BCUT2D eigenvalue weighted by molar-refractivity contribution is 0.722. The summed E-state index contributed by atoms with van der Waals surface area (Å²) in [5.74, 6) is 1.13. The van der Waals surface area contributed by atoms with E-state index in [1.165, 1.54) is 58.2 Å². The van der Waals surface area contributed by atoms with Crippen LogP contribution in [0.15, 0.2) is 165 Å². The number of fused-ring (bicyclic) bond motifs is 7. The predicted octanol–water partition coefficient (Wildman–Crippen LogP) is 12.7. The highest BCUT2D eigenvalue weighted by Gasteiger charge is 2.29. The second kappa shape index (κ2) is 11.9. The van der Waals surface area contributed by atoms with Gasteiger partial charge in [0.05, 0.1) is 21.8 Å². The van der Waals surface area contributed by atoms with E-state index < -0.39 is 0 Å². The molecule has 50 heavy (non-hydrogen) atoms. The van der Waals surface area contributed by atoms with Gasteiger partial charge in [0.2, 0.25) is 0 Å². The quantitative estimate of drug-likeness (QED) is 0.185. The van der Waals surface area contributed by atoms with Crippen molar-refractivity contribution in [1.29, 1.82) is 0 Å². The summed E-state index contributed by atoms with van der Waals surface area (Å²) in [6.07, 6.45) is 5.71. The topological polar surface area (TPSA) is 30.7 Å². The van der Waals surface area contributed by atoms with E-state index in [-0.39, 0.29) is 0 Å². The van der Waals surface area contributed by atoms with Gasteiger partial charge in [-0.1, -0.05) is 146 Å². The number of aromatic nitrogens is 3. The summed E-state index contributed by atoms with van der Waals surface area (Å²) in [4.78, 5) is 15.4. The fourth-order valence-electron chi connectivity index (χ4n) is 7.42. The van der Waals surface area contributed by atoms with Gasteiger partial charge in [0.15, 0.2) is 5.82 Å². The number of hydrogen-bond acceptors (Lipinski definition) is 4. The van der Waals surface area contributed by atoms with Gasteiger partial charge in [-0.3, -0.25) is 0 Å². The zero-order valence-corrected chi connectivity index (χ0v) is 29.0. The first kappa shape index (κ1) is 29.5. The minimum absolute atomic E-state index is 0.402. The van der Waals surface area contributed by atoms with E-state index in [0.29, 0.717) is 5.92 Å². The van der Waals surface area contributed by atoms with E-state index in [9.17, 15) is 0 Å². The standard InChI is InChI=1S/C45H31N3S2/c1-28-11-10-18-35-36-23-24-39-44(50-41-26-33-17-9-8-16-32(33)25-40(41)49-39)43(36)48(42(28)35)34-21-19-30(20-22-34)38-27-37(29-12-4-2-5-13-29)46-45(47-38)31-14-6-3-7-15-31/h2-10,12-28H,11H2,1H3. The Morgan fingerprint density at radius 1 is 0.600 bits per heavy atom. The summed E-state index contributed by atoms with van der Waals surface area (Å²) in [5.41, 5.74) is 10.2. The maximum Gasteiger partial charge on any atom is 0.160 e. The van der Waals surface area contributed by atoms with Crippen LogP contribution in [-0.2, 0) is 0 Å². The first-order valence-electron chi connectivity index (χ1n) is 17.0. The molecule has 5 heteroatoms. The maximum absolute atomic E-state index is 5.09. The molecule has 8 aromatic rings. The van der Waals surface area contributed by atoms with Crippen molar-refractivity contribution >= 4 is 51.3 Å². The van der Waals surface area contributed by atoms with Gasteiger partial charge in [-0.2, -0.15) is 0 Å². The summed E-state index contributed by atoms with van der Waals surface area (Å²) in [6.45, 7) is 2.36. The van der Waals surface area contributed by atoms with Crippen LogP contribution in [0.5, 0.6) is 0 Å². The van der Waals surface area contributed by atoms with Crippen LogP contribution in [0.4, 0.5) is 0 Å². The third-order valence-corrected chi connectivity index (χ3v) is 12.4. The van der Waals surface area contributed by atoms with Crippen molar-refractivity contribution in [2.45, 2.75) is 38.8 Å². The normalized spacial score (nSPS) is 14.8. The fraction of sp³-hybridized carbons (Fsp3) is 0.0667. The molecule has 0 bridgehead atoms. The molecule has 1 unspecified atom stereocenters. The number of hydrogen-bond donors (Lipinski definition) is 0. The molecule has 2 aromatic heterocycles. The molecule has 6 aromatic carbocycles. The van der Waals surface area contributed by atoms with Gasteiger partial charge in [-0.05, 0) is 53.6 Å². The van der Waals surface area contributed by atoms with Crippen LogP contribution in [0.25, 0.3) is 67.3 Å². The van der Waals surface area contributed by atoms with Gasteiger partial charge in [0.25, 0.3) is 0 Å². The summed E-state index contributed by atoms with van der Waals surface area (Å²) >= 11 is 3.81. The Kier molecular flexibility index (Phi) is 7.03. The Labute approximate surface area is 299 Å². The molecular formula is C45H31N3S2. The number of allylic oxidation sites excluding steroid dienone is 1. The SMILES string of the molecule is CC1CC=Cc2c1n(-c1ccc(-c3cc(-c4ccccc4)nc(-c4ccccc4)n3)cc1)c1c3c(ccc21)Sc1cc2ccccc2cc1S3. The third kappa shape index (κ3) is 4.92. The van der Waals surface area contributed by atoms with Gasteiger partial charge in [-0.25, -0.2) is 9.97 Å². The highest BCUT2D eigenvalue weighted by atomic mass is 32.2. The molecule has 0 fully saturated rings. The molecule has 0 N–H and O–H groups in total. The van der Waals surface area contributed by atoms with Gasteiger partial charge < -0.3 is 4.57 Å². The van der Waals surface area contributed by atoms with Gasteiger partial charge >= 0.3 is 0 Å². The molecule has 10 rings (SSSR count). The van der Waals surface area contributed by atoms with Crippen LogP contribution < -0.4 is 0 Å². The Balaban J connectivity index is 1.12.